The first-order valence-electron chi connectivity index (χ1n) is 9.55. The summed E-state index contributed by atoms with van der Waals surface area (Å²) in [6.07, 6.45) is 6.65. The maximum absolute atomic E-state index is 12.3. The number of piperidine rings is 1. The van der Waals surface area contributed by atoms with Crippen molar-refractivity contribution in [1.29, 1.82) is 0 Å². The summed E-state index contributed by atoms with van der Waals surface area (Å²) in [6.45, 7) is 3.16. The van der Waals surface area contributed by atoms with E-state index in [2.05, 4.69) is 34.5 Å². The van der Waals surface area contributed by atoms with Gasteiger partial charge in [-0.05, 0) is 44.2 Å². The normalized spacial score (nSPS) is 21.3. The van der Waals surface area contributed by atoms with Crippen molar-refractivity contribution in [2.24, 2.45) is 0 Å². The van der Waals surface area contributed by atoms with Crippen molar-refractivity contribution in [1.82, 2.24) is 15.1 Å². The van der Waals surface area contributed by atoms with Crippen molar-refractivity contribution in [3.05, 3.63) is 35.9 Å². The van der Waals surface area contributed by atoms with Crippen LogP contribution in [-0.2, 0) is 16.0 Å². The van der Waals surface area contributed by atoms with E-state index in [4.69, 9.17) is 0 Å². The third-order valence-electron chi connectivity index (χ3n) is 5.31. The molecule has 5 heteroatoms. The molecule has 3 rings (SSSR count). The predicted molar refractivity (Wildman–Crippen MR) is 98.2 cm³/mol. The summed E-state index contributed by atoms with van der Waals surface area (Å²) in [5, 5.41) is 2.82. The molecule has 2 amide bonds. The van der Waals surface area contributed by atoms with Crippen LogP contribution in [0.4, 0.5) is 0 Å². The first kappa shape index (κ1) is 17.9. The Morgan fingerprint density at radius 3 is 2.48 bits per heavy atom. The maximum atomic E-state index is 12.3. The number of rotatable bonds is 6. The number of amides is 2. The molecule has 25 heavy (non-hydrogen) atoms. The van der Waals surface area contributed by atoms with Crippen molar-refractivity contribution in [3.63, 3.8) is 0 Å². The molecule has 0 bridgehead atoms. The number of carbonyl (C=O) groups is 2. The molecule has 2 aliphatic rings. The van der Waals surface area contributed by atoms with Gasteiger partial charge >= 0.3 is 0 Å². The minimum absolute atomic E-state index is 0.0347. The summed E-state index contributed by atoms with van der Waals surface area (Å²) in [7, 11) is 0. The number of carbonyl (C=O) groups excluding carboxylic acids is 2. The van der Waals surface area contributed by atoms with E-state index < -0.39 is 0 Å². The van der Waals surface area contributed by atoms with Gasteiger partial charge in [-0.1, -0.05) is 36.8 Å². The number of nitrogens with zero attached hydrogens (tertiary/aromatic N) is 2. The summed E-state index contributed by atoms with van der Waals surface area (Å²) < 4.78 is 0. The first-order valence-corrected chi connectivity index (χ1v) is 9.55. The standard InChI is InChI=1S/C20H29N3O2/c24-19(21-15-20(25)22-11-6-7-12-22)16-23-13-5-4-10-18(23)14-17-8-2-1-3-9-17/h1-3,8-9,18H,4-7,10-16H2,(H,21,24)/t18-/m1/s1. The van der Waals surface area contributed by atoms with E-state index in [-0.39, 0.29) is 18.4 Å². The van der Waals surface area contributed by atoms with Crippen LogP contribution in [0.1, 0.15) is 37.7 Å². The topological polar surface area (TPSA) is 52.7 Å². The highest BCUT2D eigenvalue weighted by atomic mass is 16.2. The SMILES string of the molecule is O=C(CN1CCCC[C@@H]1Cc1ccccc1)NCC(=O)N1CCCC1. The van der Waals surface area contributed by atoms with Gasteiger partial charge in [0.15, 0.2) is 0 Å². The Balaban J connectivity index is 1.47. The van der Waals surface area contributed by atoms with Crippen LogP contribution in [0, 0.1) is 0 Å². The van der Waals surface area contributed by atoms with E-state index in [0.29, 0.717) is 12.6 Å². The van der Waals surface area contributed by atoms with E-state index in [1.54, 1.807) is 0 Å². The molecule has 2 aliphatic heterocycles. The zero-order valence-corrected chi connectivity index (χ0v) is 15.0. The molecule has 2 heterocycles. The van der Waals surface area contributed by atoms with Gasteiger partial charge in [0.2, 0.25) is 11.8 Å². The summed E-state index contributed by atoms with van der Waals surface area (Å²) in [4.78, 5) is 28.5. The monoisotopic (exact) mass is 343 g/mol. The number of hydrogen-bond acceptors (Lipinski definition) is 3. The number of hydrogen-bond donors (Lipinski definition) is 1. The number of benzene rings is 1. The van der Waals surface area contributed by atoms with E-state index >= 15 is 0 Å². The highest BCUT2D eigenvalue weighted by Crippen LogP contribution is 2.20. The highest BCUT2D eigenvalue weighted by Gasteiger charge is 2.25. The van der Waals surface area contributed by atoms with Crippen LogP contribution in [0.5, 0.6) is 0 Å². The molecule has 5 nitrogen and oxygen atoms in total. The van der Waals surface area contributed by atoms with Gasteiger partial charge in [0.25, 0.3) is 0 Å². The summed E-state index contributed by atoms with van der Waals surface area (Å²) in [5.74, 6) is 0.0119. The van der Waals surface area contributed by atoms with Crippen LogP contribution in [-0.4, -0.2) is 60.4 Å². The molecule has 0 aliphatic carbocycles. The molecule has 0 spiro atoms. The minimum Gasteiger partial charge on any atom is -0.346 e. The van der Waals surface area contributed by atoms with E-state index in [1.165, 1.54) is 12.0 Å². The van der Waals surface area contributed by atoms with Crippen LogP contribution in [0.2, 0.25) is 0 Å². The zero-order chi connectivity index (χ0) is 17.5. The smallest absolute Gasteiger partial charge is 0.241 e. The third kappa shape index (κ3) is 5.30. The lowest BCUT2D eigenvalue weighted by Crippen LogP contribution is -2.48. The Bertz CT molecular complexity index is 570. The van der Waals surface area contributed by atoms with Crippen molar-refractivity contribution in [3.8, 4) is 0 Å². The van der Waals surface area contributed by atoms with E-state index in [0.717, 1.165) is 51.7 Å². The van der Waals surface area contributed by atoms with Crippen molar-refractivity contribution >= 4 is 11.8 Å². The van der Waals surface area contributed by atoms with Crippen molar-refractivity contribution < 1.29 is 9.59 Å². The number of likely N-dealkylation sites (tertiary alicyclic amines) is 2. The molecule has 0 aromatic heterocycles. The van der Waals surface area contributed by atoms with Crippen LogP contribution in [0.25, 0.3) is 0 Å². The fraction of sp³-hybridized carbons (Fsp3) is 0.600. The Kier molecular flexibility index (Phi) is 6.45. The molecule has 2 saturated heterocycles. The first-order chi connectivity index (χ1) is 12.2. The summed E-state index contributed by atoms with van der Waals surface area (Å²) in [5.41, 5.74) is 1.32. The molecule has 1 atom stereocenters. The van der Waals surface area contributed by atoms with Gasteiger partial charge in [-0.25, -0.2) is 0 Å². The summed E-state index contributed by atoms with van der Waals surface area (Å²) in [6, 6.07) is 10.9. The van der Waals surface area contributed by atoms with E-state index in [1.807, 2.05) is 11.0 Å². The zero-order valence-electron chi connectivity index (χ0n) is 15.0. The van der Waals surface area contributed by atoms with Gasteiger partial charge < -0.3 is 10.2 Å². The molecule has 1 N–H and O–H groups in total. The Morgan fingerprint density at radius 1 is 1.00 bits per heavy atom. The van der Waals surface area contributed by atoms with Gasteiger partial charge in [-0.3, -0.25) is 14.5 Å². The van der Waals surface area contributed by atoms with Crippen molar-refractivity contribution in [2.75, 3.05) is 32.7 Å². The lowest BCUT2D eigenvalue weighted by atomic mass is 9.95. The maximum Gasteiger partial charge on any atom is 0.241 e. The molecular formula is C20H29N3O2. The van der Waals surface area contributed by atoms with Gasteiger partial charge in [-0.15, -0.1) is 0 Å². The largest absolute Gasteiger partial charge is 0.346 e. The van der Waals surface area contributed by atoms with Crippen LogP contribution < -0.4 is 5.32 Å². The second kappa shape index (κ2) is 8.99. The van der Waals surface area contributed by atoms with Crippen LogP contribution >= 0.6 is 0 Å². The van der Waals surface area contributed by atoms with E-state index in [9.17, 15) is 9.59 Å². The molecule has 1 aromatic rings. The fourth-order valence-electron chi connectivity index (χ4n) is 3.88. The quantitative estimate of drug-likeness (QED) is 0.857. The Hall–Kier alpha value is -1.88. The predicted octanol–water partition coefficient (Wildman–Crippen LogP) is 1.82. The van der Waals surface area contributed by atoms with Crippen LogP contribution in [0.15, 0.2) is 30.3 Å². The molecule has 0 unspecified atom stereocenters. The molecule has 0 radical (unpaired) electrons. The molecule has 1 aromatic carbocycles. The Labute approximate surface area is 150 Å². The highest BCUT2D eigenvalue weighted by molar-refractivity contribution is 5.85. The average molecular weight is 343 g/mol. The third-order valence-corrected chi connectivity index (χ3v) is 5.31. The van der Waals surface area contributed by atoms with Gasteiger partial charge in [-0.2, -0.15) is 0 Å². The van der Waals surface area contributed by atoms with Gasteiger partial charge in [0.1, 0.15) is 0 Å². The second-order valence-corrected chi connectivity index (χ2v) is 7.17. The Morgan fingerprint density at radius 2 is 1.72 bits per heavy atom. The van der Waals surface area contributed by atoms with Crippen LogP contribution in [0.3, 0.4) is 0 Å². The fourth-order valence-corrected chi connectivity index (χ4v) is 3.88. The molecule has 0 saturated carbocycles. The van der Waals surface area contributed by atoms with Gasteiger partial charge in [0.05, 0.1) is 13.1 Å². The van der Waals surface area contributed by atoms with Gasteiger partial charge in [0, 0.05) is 19.1 Å². The average Bonchev–Trinajstić information content (AvgIpc) is 3.17. The minimum atomic E-state index is -0.0347. The van der Waals surface area contributed by atoms with Crippen molar-refractivity contribution in [2.45, 2.75) is 44.6 Å². The summed E-state index contributed by atoms with van der Waals surface area (Å²) >= 11 is 0. The second-order valence-electron chi connectivity index (χ2n) is 7.17. The lowest BCUT2D eigenvalue weighted by molar-refractivity contribution is -0.132. The molecule has 136 valence electrons. The lowest BCUT2D eigenvalue weighted by Gasteiger charge is -2.35. The molecule has 2 fully saturated rings. The number of nitrogens with one attached hydrogen (secondary N) is 1. The molecular weight excluding hydrogens is 314 g/mol.